The molecule has 30 heavy (non-hydrogen) atoms. The third-order valence-electron chi connectivity index (χ3n) is 4.84. The fourth-order valence-corrected chi connectivity index (χ4v) is 3.25. The number of amides is 1. The van der Waals surface area contributed by atoms with Crippen molar-refractivity contribution in [3.63, 3.8) is 0 Å². The summed E-state index contributed by atoms with van der Waals surface area (Å²) in [4.78, 5) is 28.6. The molecular formula is C22H31FN4O3. The summed E-state index contributed by atoms with van der Waals surface area (Å²) in [6.07, 6.45) is 1.82. The number of nitrogens with one attached hydrogen (secondary N) is 1. The van der Waals surface area contributed by atoms with Crippen LogP contribution in [-0.2, 0) is 7.05 Å². The Morgan fingerprint density at radius 1 is 1.23 bits per heavy atom. The van der Waals surface area contributed by atoms with Crippen LogP contribution in [0.3, 0.4) is 0 Å². The standard InChI is InChI=1S/C22H31FN4O3/c1-15-7-8-18(17(23)11-15)24-19-12-20(28)27(6)13-16(19)21(29)26(5)10-9-22(2,30)14-25(3)4/h7-8,11-13,24,30H,9-10,14H2,1-6H3. The predicted octanol–water partition coefficient (Wildman–Crippen LogP) is 2.35. The summed E-state index contributed by atoms with van der Waals surface area (Å²) in [6.45, 7) is 4.29. The van der Waals surface area contributed by atoms with Crippen LogP contribution in [0.1, 0.15) is 29.3 Å². The first-order valence-electron chi connectivity index (χ1n) is 9.76. The van der Waals surface area contributed by atoms with Crippen LogP contribution in [0.15, 0.2) is 35.3 Å². The maximum Gasteiger partial charge on any atom is 0.257 e. The maximum absolute atomic E-state index is 14.3. The Morgan fingerprint density at radius 3 is 2.50 bits per heavy atom. The zero-order chi connectivity index (χ0) is 22.6. The second-order valence-corrected chi connectivity index (χ2v) is 8.37. The highest BCUT2D eigenvalue weighted by Crippen LogP contribution is 2.24. The second-order valence-electron chi connectivity index (χ2n) is 8.37. The molecule has 0 aliphatic heterocycles. The average molecular weight is 419 g/mol. The van der Waals surface area contributed by atoms with Crippen molar-refractivity contribution in [2.45, 2.75) is 25.9 Å². The van der Waals surface area contributed by atoms with Gasteiger partial charge < -0.3 is 24.8 Å². The molecule has 2 aromatic rings. The molecule has 1 amide bonds. The number of likely N-dealkylation sites (N-methyl/N-ethyl adjacent to an activating group) is 1. The van der Waals surface area contributed by atoms with Crippen molar-refractivity contribution in [1.29, 1.82) is 0 Å². The highest BCUT2D eigenvalue weighted by molar-refractivity contribution is 5.99. The molecule has 2 rings (SSSR count). The molecule has 1 aromatic carbocycles. The number of aryl methyl sites for hydroxylation is 2. The van der Waals surface area contributed by atoms with Crippen LogP contribution in [0.5, 0.6) is 0 Å². The Labute approximate surface area is 176 Å². The number of carbonyl (C=O) groups is 1. The number of carbonyl (C=O) groups excluding carboxylic acids is 1. The van der Waals surface area contributed by atoms with Crippen LogP contribution in [-0.4, -0.2) is 65.2 Å². The van der Waals surface area contributed by atoms with E-state index in [2.05, 4.69) is 5.32 Å². The van der Waals surface area contributed by atoms with Crippen LogP contribution >= 0.6 is 0 Å². The maximum atomic E-state index is 14.3. The van der Waals surface area contributed by atoms with Gasteiger partial charge in [-0.05, 0) is 52.1 Å². The number of anilines is 2. The van der Waals surface area contributed by atoms with Gasteiger partial charge in [-0.25, -0.2) is 4.39 Å². The molecule has 1 heterocycles. The molecule has 0 aliphatic carbocycles. The molecule has 1 unspecified atom stereocenters. The molecule has 1 atom stereocenters. The Balaban J connectivity index is 2.28. The number of hydrogen-bond donors (Lipinski definition) is 2. The molecule has 0 saturated heterocycles. The van der Waals surface area contributed by atoms with Crippen molar-refractivity contribution >= 4 is 17.3 Å². The molecule has 0 spiro atoms. The normalized spacial score (nSPS) is 13.2. The minimum atomic E-state index is -0.951. The van der Waals surface area contributed by atoms with Gasteiger partial charge in [0.25, 0.3) is 11.5 Å². The van der Waals surface area contributed by atoms with Gasteiger partial charge in [-0.15, -0.1) is 0 Å². The molecule has 0 fully saturated rings. The van der Waals surface area contributed by atoms with Gasteiger partial charge in [0.15, 0.2) is 0 Å². The first-order valence-corrected chi connectivity index (χ1v) is 9.76. The van der Waals surface area contributed by atoms with Gasteiger partial charge in [0.2, 0.25) is 0 Å². The molecule has 8 heteroatoms. The zero-order valence-electron chi connectivity index (χ0n) is 18.5. The van der Waals surface area contributed by atoms with Crippen molar-refractivity contribution in [3.05, 3.63) is 57.8 Å². The van der Waals surface area contributed by atoms with Crippen molar-refractivity contribution in [2.24, 2.45) is 7.05 Å². The molecule has 1 aromatic heterocycles. The summed E-state index contributed by atoms with van der Waals surface area (Å²) >= 11 is 0. The third kappa shape index (κ3) is 6.14. The summed E-state index contributed by atoms with van der Waals surface area (Å²) in [6, 6.07) is 5.97. The monoisotopic (exact) mass is 418 g/mol. The number of aliphatic hydroxyl groups is 1. The lowest BCUT2D eigenvalue weighted by atomic mass is 10.0. The lowest BCUT2D eigenvalue weighted by molar-refractivity contribution is 0.0185. The number of pyridine rings is 1. The summed E-state index contributed by atoms with van der Waals surface area (Å²) in [7, 11) is 6.93. The second kappa shape index (κ2) is 9.40. The predicted molar refractivity (Wildman–Crippen MR) is 117 cm³/mol. The van der Waals surface area contributed by atoms with Gasteiger partial charge in [-0.2, -0.15) is 0 Å². The number of benzene rings is 1. The van der Waals surface area contributed by atoms with E-state index >= 15 is 0 Å². The zero-order valence-corrected chi connectivity index (χ0v) is 18.5. The van der Waals surface area contributed by atoms with Crippen LogP contribution < -0.4 is 10.9 Å². The third-order valence-corrected chi connectivity index (χ3v) is 4.84. The number of halogens is 1. The Kier molecular flexibility index (Phi) is 7.39. The number of rotatable bonds is 8. The highest BCUT2D eigenvalue weighted by Gasteiger charge is 2.24. The molecule has 7 nitrogen and oxygen atoms in total. The van der Waals surface area contributed by atoms with Crippen LogP contribution in [0.25, 0.3) is 0 Å². The first kappa shape index (κ1) is 23.6. The van der Waals surface area contributed by atoms with E-state index in [4.69, 9.17) is 0 Å². The summed E-state index contributed by atoms with van der Waals surface area (Å²) < 4.78 is 15.6. The Hall–Kier alpha value is -2.71. The lowest BCUT2D eigenvalue weighted by Gasteiger charge is -2.29. The number of hydrogen-bond acceptors (Lipinski definition) is 5. The molecule has 2 N–H and O–H groups in total. The van der Waals surface area contributed by atoms with Gasteiger partial charge in [-0.1, -0.05) is 6.07 Å². The molecule has 164 valence electrons. The van der Waals surface area contributed by atoms with Crippen LogP contribution in [0.4, 0.5) is 15.8 Å². The summed E-state index contributed by atoms with van der Waals surface area (Å²) in [5.41, 5.74) is 0.151. The van der Waals surface area contributed by atoms with Gasteiger partial charge in [-0.3, -0.25) is 9.59 Å². The van der Waals surface area contributed by atoms with E-state index < -0.39 is 11.4 Å². The largest absolute Gasteiger partial charge is 0.389 e. The van der Waals surface area contributed by atoms with E-state index in [1.807, 2.05) is 19.0 Å². The molecule has 0 bridgehead atoms. The molecule has 0 aliphatic rings. The van der Waals surface area contributed by atoms with E-state index in [1.54, 1.807) is 40.1 Å². The quantitative estimate of drug-likeness (QED) is 0.688. The van der Waals surface area contributed by atoms with E-state index in [0.717, 1.165) is 5.56 Å². The summed E-state index contributed by atoms with van der Waals surface area (Å²) in [5, 5.41) is 13.4. The smallest absolute Gasteiger partial charge is 0.257 e. The fourth-order valence-electron chi connectivity index (χ4n) is 3.25. The molecule has 0 radical (unpaired) electrons. The van der Waals surface area contributed by atoms with Crippen molar-refractivity contribution in [1.82, 2.24) is 14.4 Å². The first-order chi connectivity index (χ1) is 13.9. The minimum Gasteiger partial charge on any atom is -0.389 e. The average Bonchev–Trinajstić information content (AvgIpc) is 2.63. The molecular weight excluding hydrogens is 387 g/mol. The van der Waals surface area contributed by atoms with Crippen molar-refractivity contribution in [3.8, 4) is 0 Å². The molecule has 0 saturated carbocycles. The topological polar surface area (TPSA) is 77.8 Å². The highest BCUT2D eigenvalue weighted by atomic mass is 19.1. The van der Waals surface area contributed by atoms with Crippen LogP contribution in [0.2, 0.25) is 0 Å². The van der Waals surface area contributed by atoms with Crippen molar-refractivity contribution < 1.29 is 14.3 Å². The van der Waals surface area contributed by atoms with E-state index in [9.17, 15) is 19.1 Å². The van der Waals surface area contributed by atoms with Gasteiger partial charge >= 0.3 is 0 Å². The minimum absolute atomic E-state index is 0.180. The summed E-state index contributed by atoms with van der Waals surface area (Å²) in [5.74, 6) is -0.802. The fraction of sp³-hybridized carbons (Fsp3) is 0.455. The van der Waals surface area contributed by atoms with Crippen molar-refractivity contribution in [2.75, 3.05) is 39.5 Å². The van der Waals surface area contributed by atoms with Crippen LogP contribution in [0, 0.1) is 12.7 Å². The van der Waals surface area contributed by atoms with Gasteiger partial charge in [0.05, 0.1) is 22.5 Å². The van der Waals surface area contributed by atoms with E-state index in [1.165, 1.54) is 27.8 Å². The Bertz CT molecular complexity index is 969. The number of nitrogens with zero attached hydrogens (tertiary/aromatic N) is 3. The number of aromatic nitrogens is 1. The Morgan fingerprint density at radius 2 is 1.90 bits per heavy atom. The SMILES string of the molecule is Cc1ccc(Nc2cc(=O)n(C)cc2C(=O)N(C)CCC(C)(O)CN(C)C)c(F)c1. The van der Waals surface area contributed by atoms with Gasteiger partial charge in [0, 0.05) is 39.4 Å². The van der Waals surface area contributed by atoms with Gasteiger partial charge in [0.1, 0.15) is 5.82 Å². The van der Waals surface area contributed by atoms with E-state index in [-0.39, 0.29) is 28.4 Å². The van der Waals surface area contributed by atoms with E-state index in [0.29, 0.717) is 19.5 Å². The lowest BCUT2D eigenvalue weighted by Crippen LogP contribution is -2.41.